The van der Waals surface area contributed by atoms with Crippen LogP contribution in [0.15, 0.2) is 18.2 Å². The number of sulfone groups is 1. The highest BCUT2D eigenvalue weighted by atomic mass is 32.2. The van der Waals surface area contributed by atoms with Gasteiger partial charge in [-0.05, 0) is 18.6 Å². The van der Waals surface area contributed by atoms with Crippen LogP contribution in [0.3, 0.4) is 0 Å². The predicted octanol–water partition coefficient (Wildman–Crippen LogP) is 0.742. The second-order valence-electron chi connectivity index (χ2n) is 4.03. The second-order valence-corrected chi connectivity index (χ2v) is 6.50. The number of hydrogen-bond donors (Lipinski definition) is 2. The summed E-state index contributed by atoms with van der Waals surface area (Å²) in [6, 6.07) is 5.20. The lowest BCUT2D eigenvalue weighted by molar-refractivity contribution is 0.0956. The molecule has 5 nitrogen and oxygen atoms in total. The van der Waals surface area contributed by atoms with Crippen LogP contribution in [-0.2, 0) is 9.84 Å². The zero-order chi connectivity index (χ0) is 13.8. The molecule has 1 aromatic carbocycles. The van der Waals surface area contributed by atoms with E-state index in [0.717, 1.165) is 5.56 Å². The van der Waals surface area contributed by atoms with Gasteiger partial charge in [-0.15, -0.1) is 0 Å². The number of nitrogens with two attached hydrogens (primary N) is 1. The first-order valence-electron chi connectivity index (χ1n) is 5.71. The van der Waals surface area contributed by atoms with Crippen molar-refractivity contribution in [3.63, 3.8) is 0 Å². The van der Waals surface area contributed by atoms with Crippen molar-refractivity contribution in [1.29, 1.82) is 0 Å². The SMILES string of the molecule is CCS(=O)(=O)CCNC(=O)c1c(C)cccc1N. The van der Waals surface area contributed by atoms with E-state index in [-0.39, 0.29) is 24.0 Å². The Kier molecular flexibility index (Phi) is 4.72. The molecule has 0 aliphatic rings. The summed E-state index contributed by atoms with van der Waals surface area (Å²) >= 11 is 0. The molecule has 0 aliphatic heterocycles. The number of aryl methyl sites for hydroxylation is 1. The molecule has 1 amide bonds. The minimum absolute atomic E-state index is 0.0545. The van der Waals surface area contributed by atoms with Gasteiger partial charge in [0.1, 0.15) is 0 Å². The van der Waals surface area contributed by atoms with E-state index >= 15 is 0 Å². The maximum absolute atomic E-state index is 11.9. The van der Waals surface area contributed by atoms with Crippen molar-refractivity contribution in [2.45, 2.75) is 13.8 Å². The molecule has 0 aliphatic carbocycles. The number of amides is 1. The van der Waals surface area contributed by atoms with Crippen molar-refractivity contribution in [2.24, 2.45) is 0 Å². The number of rotatable bonds is 5. The van der Waals surface area contributed by atoms with Crippen molar-refractivity contribution in [3.05, 3.63) is 29.3 Å². The van der Waals surface area contributed by atoms with Crippen LogP contribution in [-0.4, -0.2) is 32.4 Å². The van der Waals surface area contributed by atoms with E-state index in [0.29, 0.717) is 11.3 Å². The fourth-order valence-electron chi connectivity index (χ4n) is 1.55. The Labute approximate surface area is 107 Å². The number of benzene rings is 1. The normalized spacial score (nSPS) is 11.2. The lowest BCUT2D eigenvalue weighted by Crippen LogP contribution is -2.30. The van der Waals surface area contributed by atoms with Crippen molar-refractivity contribution >= 4 is 21.4 Å². The average Bonchev–Trinajstić information content (AvgIpc) is 2.28. The highest BCUT2D eigenvalue weighted by Crippen LogP contribution is 2.15. The van der Waals surface area contributed by atoms with Crippen LogP contribution in [0, 0.1) is 6.92 Å². The van der Waals surface area contributed by atoms with Gasteiger partial charge in [0.15, 0.2) is 9.84 Å². The molecule has 0 aromatic heterocycles. The van der Waals surface area contributed by atoms with Crippen LogP contribution in [0.4, 0.5) is 5.69 Å². The molecular weight excluding hydrogens is 252 g/mol. The Morgan fingerprint density at radius 1 is 1.39 bits per heavy atom. The lowest BCUT2D eigenvalue weighted by Gasteiger charge is -2.09. The first-order valence-corrected chi connectivity index (χ1v) is 7.53. The summed E-state index contributed by atoms with van der Waals surface area (Å²) in [6.45, 7) is 3.47. The Morgan fingerprint density at radius 3 is 2.61 bits per heavy atom. The van der Waals surface area contributed by atoms with Gasteiger partial charge in [-0.1, -0.05) is 19.1 Å². The van der Waals surface area contributed by atoms with Crippen molar-refractivity contribution in [1.82, 2.24) is 5.32 Å². The molecule has 1 aromatic rings. The second kappa shape index (κ2) is 5.86. The third kappa shape index (κ3) is 3.73. The molecule has 1 rings (SSSR count). The summed E-state index contributed by atoms with van der Waals surface area (Å²) < 4.78 is 22.6. The molecule has 0 fully saturated rings. The standard InChI is InChI=1S/C12H18N2O3S/c1-3-18(16,17)8-7-14-12(15)11-9(2)5-4-6-10(11)13/h4-6H,3,7-8,13H2,1-2H3,(H,14,15). The first kappa shape index (κ1) is 14.5. The topological polar surface area (TPSA) is 89.3 Å². The van der Waals surface area contributed by atoms with Gasteiger partial charge < -0.3 is 11.1 Å². The van der Waals surface area contributed by atoms with Gasteiger partial charge in [0.25, 0.3) is 5.91 Å². The molecule has 18 heavy (non-hydrogen) atoms. The van der Waals surface area contributed by atoms with Crippen molar-refractivity contribution in [2.75, 3.05) is 23.8 Å². The van der Waals surface area contributed by atoms with Crippen LogP contribution >= 0.6 is 0 Å². The molecular formula is C12H18N2O3S. The number of carbonyl (C=O) groups excluding carboxylic acids is 1. The Bertz CT molecular complexity index is 518. The molecule has 0 unspecified atom stereocenters. The lowest BCUT2D eigenvalue weighted by atomic mass is 10.1. The molecule has 0 saturated carbocycles. The number of nitrogens with one attached hydrogen (secondary N) is 1. The van der Waals surface area contributed by atoms with E-state index in [1.807, 2.05) is 0 Å². The molecule has 0 saturated heterocycles. The molecule has 0 bridgehead atoms. The third-order valence-corrected chi connectivity index (χ3v) is 4.38. The molecule has 6 heteroatoms. The summed E-state index contributed by atoms with van der Waals surface area (Å²) in [5.41, 5.74) is 7.30. The van der Waals surface area contributed by atoms with Crippen molar-refractivity contribution < 1.29 is 13.2 Å². The quantitative estimate of drug-likeness (QED) is 0.772. The van der Waals surface area contributed by atoms with Gasteiger partial charge in [-0.2, -0.15) is 0 Å². The smallest absolute Gasteiger partial charge is 0.253 e. The highest BCUT2D eigenvalue weighted by molar-refractivity contribution is 7.91. The minimum atomic E-state index is -3.06. The van der Waals surface area contributed by atoms with E-state index in [1.54, 1.807) is 32.0 Å². The van der Waals surface area contributed by atoms with E-state index in [4.69, 9.17) is 5.73 Å². The molecule has 0 spiro atoms. The molecule has 0 atom stereocenters. The number of nitrogen functional groups attached to an aromatic ring is 1. The average molecular weight is 270 g/mol. The Balaban J connectivity index is 2.67. The van der Waals surface area contributed by atoms with E-state index in [1.165, 1.54) is 0 Å². The van der Waals surface area contributed by atoms with Gasteiger partial charge in [-0.3, -0.25) is 4.79 Å². The number of carbonyl (C=O) groups is 1. The monoisotopic (exact) mass is 270 g/mol. The van der Waals surface area contributed by atoms with Crippen LogP contribution in [0.25, 0.3) is 0 Å². The third-order valence-electron chi connectivity index (χ3n) is 2.67. The molecule has 0 radical (unpaired) electrons. The maximum Gasteiger partial charge on any atom is 0.253 e. The molecule has 0 heterocycles. The Morgan fingerprint density at radius 2 is 2.06 bits per heavy atom. The fraction of sp³-hybridized carbons (Fsp3) is 0.417. The summed E-state index contributed by atoms with van der Waals surface area (Å²) in [6.07, 6.45) is 0. The minimum Gasteiger partial charge on any atom is -0.398 e. The highest BCUT2D eigenvalue weighted by Gasteiger charge is 2.13. The first-order chi connectivity index (χ1) is 8.37. The van der Waals surface area contributed by atoms with Gasteiger partial charge in [0, 0.05) is 18.0 Å². The number of hydrogen-bond acceptors (Lipinski definition) is 4. The zero-order valence-electron chi connectivity index (χ0n) is 10.6. The molecule has 3 N–H and O–H groups in total. The largest absolute Gasteiger partial charge is 0.398 e. The summed E-state index contributed by atoms with van der Waals surface area (Å²) in [7, 11) is -3.06. The van der Waals surface area contributed by atoms with Crippen LogP contribution in [0.5, 0.6) is 0 Å². The van der Waals surface area contributed by atoms with Crippen molar-refractivity contribution in [3.8, 4) is 0 Å². The summed E-state index contributed by atoms with van der Waals surface area (Å²) in [5.74, 6) is -0.312. The van der Waals surface area contributed by atoms with E-state index in [2.05, 4.69) is 5.32 Å². The van der Waals surface area contributed by atoms with E-state index in [9.17, 15) is 13.2 Å². The molecule has 100 valence electrons. The summed E-state index contributed by atoms with van der Waals surface area (Å²) in [5, 5.41) is 2.57. The zero-order valence-corrected chi connectivity index (χ0v) is 11.4. The van der Waals surface area contributed by atoms with Gasteiger partial charge in [0.2, 0.25) is 0 Å². The Hall–Kier alpha value is -1.56. The van der Waals surface area contributed by atoms with Gasteiger partial charge >= 0.3 is 0 Å². The van der Waals surface area contributed by atoms with Gasteiger partial charge in [-0.25, -0.2) is 8.42 Å². The fourth-order valence-corrected chi connectivity index (χ4v) is 2.26. The number of anilines is 1. The predicted molar refractivity (Wildman–Crippen MR) is 72.3 cm³/mol. The van der Waals surface area contributed by atoms with Crippen LogP contribution in [0.2, 0.25) is 0 Å². The van der Waals surface area contributed by atoms with Gasteiger partial charge in [0.05, 0.1) is 11.3 Å². The summed E-state index contributed by atoms with van der Waals surface area (Å²) in [4.78, 5) is 11.9. The van der Waals surface area contributed by atoms with Crippen LogP contribution < -0.4 is 11.1 Å². The van der Waals surface area contributed by atoms with E-state index < -0.39 is 9.84 Å². The van der Waals surface area contributed by atoms with Crippen LogP contribution in [0.1, 0.15) is 22.8 Å². The maximum atomic E-state index is 11.9.